The van der Waals surface area contributed by atoms with Gasteiger partial charge in [-0.3, -0.25) is 4.79 Å². The number of primary amides is 1. The Kier molecular flexibility index (Phi) is 4.54. The highest BCUT2D eigenvalue weighted by Crippen LogP contribution is 2.10. The fraction of sp³-hybridized carbons (Fsp3) is 0.800. The predicted molar refractivity (Wildman–Crippen MR) is 58.8 cm³/mol. The van der Waals surface area contributed by atoms with Crippen molar-refractivity contribution >= 4 is 12.0 Å². The molecule has 0 radical (unpaired) electrons. The Labute approximate surface area is 95.1 Å². The second-order valence-corrected chi connectivity index (χ2v) is 4.01. The van der Waals surface area contributed by atoms with E-state index in [0.29, 0.717) is 13.1 Å². The summed E-state index contributed by atoms with van der Waals surface area (Å²) in [4.78, 5) is 23.7. The second-order valence-electron chi connectivity index (χ2n) is 4.01. The van der Waals surface area contributed by atoms with Crippen LogP contribution in [0.25, 0.3) is 0 Å². The number of hydrogen-bond acceptors (Lipinski definition) is 4. The molecule has 3 N–H and O–H groups in total. The van der Waals surface area contributed by atoms with E-state index in [1.807, 2.05) is 0 Å². The highest BCUT2D eigenvalue weighted by Gasteiger charge is 2.24. The van der Waals surface area contributed by atoms with Gasteiger partial charge in [0.25, 0.3) is 0 Å². The summed E-state index contributed by atoms with van der Waals surface area (Å²) in [7, 11) is 1.37. The van der Waals surface area contributed by atoms with Crippen LogP contribution in [0.2, 0.25) is 0 Å². The summed E-state index contributed by atoms with van der Waals surface area (Å²) < 4.78 is 4.63. The minimum Gasteiger partial charge on any atom is -0.468 e. The van der Waals surface area contributed by atoms with E-state index in [4.69, 9.17) is 5.73 Å². The number of carbonyl (C=O) groups is 2. The number of hydrogen-bond donors (Lipinski definition) is 2. The fourth-order valence-electron chi connectivity index (χ4n) is 1.86. The van der Waals surface area contributed by atoms with Gasteiger partial charge in [-0.1, -0.05) is 0 Å². The second kappa shape index (κ2) is 5.69. The van der Waals surface area contributed by atoms with E-state index in [2.05, 4.69) is 10.1 Å². The smallest absolute Gasteiger partial charge is 0.322 e. The van der Waals surface area contributed by atoms with Gasteiger partial charge in [0.2, 0.25) is 0 Å². The van der Waals surface area contributed by atoms with Gasteiger partial charge in [-0.15, -0.1) is 0 Å². The van der Waals surface area contributed by atoms with Gasteiger partial charge < -0.3 is 20.7 Å². The molecule has 6 heteroatoms. The Morgan fingerprint density at radius 3 is 2.44 bits per heavy atom. The van der Waals surface area contributed by atoms with Crippen molar-refractivity contribution in [1.82, 2.24) is 10.2 Å². The molecule has 1 heterocycles. The zero-order valence-electron chi connectivity index (χ0n) is 9.73. The van der Waals surface area contributed by atoms with Gasteiger partial charge in [0.15, 0.2) is 0 Å². The van der Waals surface area contributed by atoms with Gasteiger partial charge in [0.05, 0.1) is 7.11 Å². The molecule has 0 aromatic carbocycles. The number of esters is 1. The van der Waals surface area contributed by atoms with E-state index in [-0.39, 0.29) is 24.1 Å². The van der Waals surface area contributed by atoms with Crippen molar-refractivity contribution in [3.05, 3.63) is 0 Å². The molecule has 2 amide bonds. The summed E-state index contributed by atoms with van der Waals surface area (Å²) in [5.74, 6) is -0.266. The zero-order chi connectivity index (χ0) is 12.1. The molecular formula is C10H19N3O3. The summed E-state index contributed by atoms with van der Waals surface area (Å²) in [6.07, 6.45) is 1.62. The Bertz CT molecular complexity index is 262. The van der Waals surface area contributed by atoms with Crippen molar-refractivity contribution in [2.24, 2.45) is 5.73 Å². The quantitative estimate of drug-likeness (QED) is 0.650. The Hall–Kier alpha value is -1.30. The van der Waals surface area contributed by atoms with Gasteiger partial charge in [0, 0.05) is 19.1 Å². The summed E-state index contributed by atoms with van der Waals surface area (Å²) in [6.45, 7) is 3.05. The lowest BCUT2D eigenvalue weighted by molar-refractivity contribution is -0.142. The first-order valence-electron chi connectivity index (χ1n) is 5.43. The summed E-state index contributed by atoms with van der Waals surface area (Å²) >= 11 is 0. The van der Waals surface area contributed by atoms with Crippen LogP contribution in [0.1, 0.15) is 19.8 Å². The summed E-state index contributed by atoms with van der Waals surface area (Å²) in [5, 5.41) is 3.18. The Morgan fingerprint density at radius 2 is 2.00 bits per heavy atom. The lowest BCUT2D eigenvalue weighted by Gasteiger charge is -2.32. The van der Waals surface area contributed by atoms with Crippen molar-refractivity contribution < 1.29 is 14.3 Å². The zero-order valence-corrected chi connectivity index (χ0v) is 9.73. The maximum Gasteiger partial charge on any atom is 0.322 e. The molecule has 92 valence electrons. The lowest BCUT2D eigenvalue weighted by Crippen LogP contribution is -2.50. The normalized spacial score (nSPS) is 19.2. The SMILES string of the molecule is COC(=O)C(C)NC1CCN(C(N)=O)CC1. The third kappa shape index (κ3) is 3.37. The van der Waals surface area contributed by atoms with E-state index < -0.39 is 0 Å². The Morgan fingerprint density at radius 1 is 1.44 bits per heavy atom. The lowest BCUT2D eigenvalue weighted by atomic mass is 10.0. The number of nitrogens with one attached hydrogen (secondary N) is 1. The number of methoxy groups -OCH3 is 1. The molecule has 1 unspecified atom stereocenters. The number of amides is 2. The van der Waals surface area contributed by atoms with Crippen LogP contribution in [0.15, 0.2) is 0 Å². The number of nitrogens with zero attached hydrogens (tertiary/aromatic N) is 1. The largest absolute Gasteiger partial charge is 0.468 e. The molecular weight excluding hydrogens is 210 g/mol. The Balaban J connectivity index is 2.32. The van der Waals surface area contributed by atoms with Gasteiger partial charge in [0.1, 0.15) is 6.04 Å². The molecule has 1 fully saturated rings. The molecule has 0 spiro atoms. The first-order chi connectivity index (χ1) is 7.54. The van der Waals surface area contributed by atoms with E-state index in [1.54, 1.807) is 11.8 Å². The molecule has 1 aliphatic heterocycles. The first kappa shape index (κ1) is 12.8. The number of piperidine rings is 1. The van der Waals surface area contributed by atoms with Crippen LogP contribution in [-0.2, 0) is 9.53 Å². The van der Waals surface area contributed by atoms with Crippen LogP contribution in [0, 0.1) is 0 Å². The molecule has 0 bridgehead atoms. The molecule has 1 atom stereocenters. The van der Waals surface area contributed by atoms with Crippen LogP contribution in [-0.4, -0.2) is 49.2 Å². The number of nitrogens with two attached hydrogens (primary N) is 1. The monoisotopic (exact) mass is 229 g/mol. The molecule has 6 nitrogen and oxygen atoms in total. The van der Waals surface area contributed by atoms with Crippen molar-refractivity contribution in [2.45, 2.75) is 31.8 Å². The number of ether oxygens (including phenoxy) is 1. The summed E-state index contributed by atoms with van der Waals surface area (Å²) in [5.41, 5.74) is 5.18. The highest BCUT2D eigenvalue weighted by molar-refractivity contribution is 5.75. The third-order valence-electron chi connectivity index (χ3n) is 2.85. The maximum atomic E-state index is 11.2. The van der Waals surface area contributed by atoms with Gasteiger partial charge in [-0.25, -0.2) is 4.79 Å². The molecule has 0 aromatic rings. The minimum absolute atomic E-state index is 0.240. The molecule has 0 aromatic heterocycles. The van der Waals surface area contributed by atoms with Crippen LogP contribution in [0.3, 0.4) is 0 Å². The van der Waals surface area contributed by atoms with Crippen LogP contribution in [0.4, 0.5) is 4.79 Å². The summed E-state index contributed by atoms with van der Waals surface area (Å²) in [6, 6.07) is -0.445. The van der Waals surface area contributed by atoms with Crippen molar-refractivity contribution in [3.63, 3.8) is 0 Å². The maximum absolute atomic E-state index is 11.2. The number of carbonyl (C=O) groups excluding carboxylic acids is 2. The van der Waals surface area contributed by atoms with Gasteiger partial charge in [-0.2, -0.15) is 0 Å². The topological polar surface area (TPSA) is 84.7 Å². The van der Waals surface area contributed by atoms with Crippen molar-refractivity contribution in [2.75, 3.05) is 20.2 Å². The van der Waals surface area contributed by atoms with Gasteiger partial charge in [-0.05, 0) is 19.8 Å². The highest BCUT2D eigenvalue weighted by atomic mass is 16.5. The molecule has 0 aliphatic carbocycles. The van der Waals surface area contributed by atoms with E-state index in [0.717, 1.165) is 12.8 Å². The first-order valence-corrected chi connectivity index (χ1v) is 5.43. The molecule has 1 saturated heterocycles. The molecule has 0 saturated carbocycles. The minimum atomic E-state index is -0.375. The van der Waals surface area contributed by atoms with Crippen LogP contribution >= 0.6 is 0 Å². The van der Waals surface area contributed by atoms with E-state index in [9.17, 15) is 9.59 Å². The predicted octanol–water partition coefficient (Wildman–Crippen LogP) is -0.319. The van der Waals surface area contributed by atoms with Crippen LogP contribution in [0.5, 0.6) is 0 Å². The number of rotatable bonds is 3. The van der Waals surface area contributed by atoms with Gasteiger partial charge >= 0.3 is 12.0 Å². The molecule has 1 aliphatic rings. The van der Waals surface area contributed by atoms with Crippen molar-refractivity contribution in [1.29, 1.82) is 0 Å². The average Bonchev–Trinajstić information content (AvgIpc) is 2.28. The third-order valence-corrected chi connectivity index (χ3v) is 2.85. The number of urea groups is 1. The van der Waals surface area contributed by atoms with E-state index >= 15 is 0 Å². The molecule has 16 heavy (non-hydrogen) atoms. The molecule has 1 rings (SSSR count). The standard InChI is InChI=1S/C10H19N3O3/c1-7(9(14)16-2)12-8-3-5-13(6-4-8)10(11)15/h7-8,12H,3-6H2,1-2H3,(H2,11,15). The fourth-order valence-corrected chi connectivity index (χ4v) is 1.86. The van der Waals surface area contributed by atoms with E-state index in [1.165, 1.54) is 7.11 Å². The average molecular weight is 229 g/mol. The van der Waals surface area contributed by atoms with Crippen molar-refractivity contribution in [3.8, 4) is 0 Å². The van der Waals surface area contributed by atoms with Crippen LogP contribution < -0.4 is 11.1 Å². The number of likely N-dealkylation sites (tertiary alicyclic amines) is 1.